The molecule has 32 heavy (non-hydrogen) atoms. The van der Waals surface area contributed by atoms with Crippen LogP contribution in [0.2, 0.25) is 0 Å². The lowest BCUT2D eigenvalue weighted by molar-refractivity contribution is 0.0909. The molecule has 3 aromatic rings. The van der Waals surface area contributed by atoms with Crippen molar-refractivity contribution in [3.05, 3.63) is 81.9 Å². The van der Waals surface area contributed by atoms with Gasteiger partial charge in [-0.15, -0.1) is 11.3 Å². The second kappa shape index (κ2) is 10.6. The minimum absolute atomic E-state index is 0.0567. The Morgan fingerprint density at radius 1 is 1.12 bits per heavy atom. The maximum atomic E-state index is 13.4. The van der Waals surface area contributed by atoms with Crippen LogP contribution in [-0.4, -0.2) is 34.9 Å². The second-order valence-corrected chi connectivity index (χ2v) is 10.1. The number of nitrogens with one attached hydrogen (secondary N) is 1. The van der Waals surface area contributed by atoms with Crippen molar-refractivity contribution >= 4 is 29.0 Å². The summed E-state index contributed by atoms with van der Waals surface area (Å²) in [5.41, 5.74) is 3.62. The summed E-state index contributed by atoms with van der Waals surface area (Å²) >= 11 is 3.35. The van der Waals surface area contributed by atoms with Crippen LogP contribution >= 0.6 is 23.1 Å². The predicted octanol–water partition coefficient (Wildman–Crippen LogP) is 5.42. The van der Waals surface area contributed by atoms with Gasteiger partial charge in [-0.3, -0.25) is 9.69 Å². The Morgan fingerprint density at radius 3 is 2.50 bits per heavy atom. The van der Waals surface area contributed by atoms with Crippen molar-refractivity contribution in [3.63, 3.8) is 0 Å². The van der Waals surface area contributed by atoms with E-state index in [1.165, 1.54) is 12.1 Å². The highest BCUT2D eigenvalue weighted by molar-refractivity contribution is 8.00. The number of nitrogens with zero attached hydrogens (tertiary/aromatic N) is 2. The number of aromatic nitrogens is 1. The highest BCUT2D eigenvalue weighted by Crippen LogP contribution is 2.26. The van der Waals surface area contributed by atoms with E-state index in [1.807, 2.05) is 36.6 Å². The average molecular weight is 474 g/mol. The van der Waals surface area contributed by atoms with Gasteiger partial charge in [0.2, 0.25) is 0 Å². The summed E-state index contributed by atoms with van der Waals surface area (Å²) in [5, 5.41) is 5.17. The molecule has 2 aromatic carbocycles. The Kier molecular flexibility index (Phi) is 7.55. The summed E-state index contributed by atoms with van der Waals surface area (Å²) in [6.07, 6.45) is 1.66. The number of thiazole rings is 1. The molecule has 0 unspecified atom stereocenters. The molecule has 4 rings (SSSR count). The number of halogens is 2. The molecule has 4 nitrogen and oxygen atoms in total. The molecule has 1 aromatic heterocycles. The number of likely N-dealkylation sites (tertiary alicyclic amines) is 1. The first kappa shape index (κ1) is 22.9. The first-order valence-corrected chi connectivity index (χ1v) is 12.4. The zero-order valence-corrected chi connectivity index (χ0v) is 19.4. The number of rotatable bonds is 7. The van der Waals surface area contributed by atoms with E-state index in [2.05, 4.69) is 15.2 Å². The third-order valence-corrected chi connectivity index (χ3v) is 7.70. The van der Waals surface area contributed by atoms with Crippen molar-refractivity contribution in [2.75, 3.05) is 13.1 Å². The SMILES string of the molecule is Cc1csc(SCc2ccc(C(=O)NC3CCN(Cc4ccc(F)c(F)c4)CC3)cc2)n1. The van der Waals surface area contributed by atoms with E-state index in [-0.39, 0.29) is 11.9 Å². The van der Waals surface area contributed by atoms with Gasteiger partial charge in [-0.2, -0.15) is 0 Å². The summed E-state index contributed by atoms with van der Waals surface area (Å²) in [7, 11) is 0. The van der Waals surface area contributed by atoms with Crippen molar-refractivity contribution in [2.45, 2.75) is 42.4 Å². The van der Waals surface area contributed by atoms with Gasteiger partial charge in [0.05, 0.1) is 0 Å². The highest BCUT2D eigenvalue weighted by Gasteiger charge is 2.21. The summed E-state index contributed by atoms with van der Waals surface area (Å²) in [4.78, 5) is 19.3. The fraction of sp³-hybridized carbons (Fsp3) is 0.333. The van der Waals surface area contributed by atoms with Crippen LogP contribution in [0.15, 0.2) is 52.2 Å². The van der Waals surface area contributed by atoms with Crippen LogP contribution in [0.25, 0.3) is 0 Å². The molecule has 1 saturated heterocycles. The lowest BCUT2D eigenvalue weighted by atomic mass is 10.0. The monoisotopic (exact) mass is 473 g/mol. The molecule has 0 spiro atoms. The van der Waals surface area contributed by atoms with Gasteiger partial charge in [0.1, 0.15) is 4.34 Å². The third-order valence-electron chi connectivity index (χ3n) is 5.49. The van der Waals surface area contributed by atoms with E-state index in [0.29, 0.717) is 12.1 Å². The lowest BCUT2D eigenvalue weighted by Crippen LogP contribution is -2.44. The molecule has 0 aliphatic carbocycles. The van der Waals surface area contributed by atoms with Crippen molar-refractivity contribution in [3.8, 4) is 0 Å². The molecule has 1 amide bonds. The van der Waals surface area contributed by atoms with E-state index < -0.39 is 11.6 Å². The number of thioether (sulfide) groups is 1. The number of amides is 1. The number of aryl methyl sites for hydroxylation is 1. The highest BCUT2D eigenvalue weighted by atomic mass is 32.2. The molecule has 0 atom stereocenters. The summed E-state index contributed by atoms with van der Waals surface area (Å²) < 4.78 is 27.5. The Labute approximate surface area is 195 Å². The van der Waals surface area contributed by atoms with Gasteiger partial charge in [-0.05, 0) is 55.2 Å². The predicted molar refractivity (Wildman–Crippen MR) is 125 cm³/mol. The molecular formula is C24H25F2N3OS2. The van der Waals surface area contributed by atoms with E-state index in [0.717, 1.165) is 52.8 Å². The molecule has 0 radical (unpaired) electrons. The zero-order chi connectivity index (χ0) is 22.5. The summed E-state index contributed by atoms with van der Waals surface area (Å²) in [5.74, 6) is -0.867. The van der Waals surface area contributed by atoms with Crippen molar-refractivity contribution in [1.82, 2.24) is 15.2 Å². The molecule has 0 bridgehead atoms. The Balaban J connectivity index is 1.22. The van der Waals surface area contributed by atoms with Crippen molar-refractivity contribution in [1.29, 1.82) is 0 Å². The topological polar surface area (TPSA) is 45.2 Å². The zero-order valence-electron chi connectivity index (χ0n) is 17.8. The van der Waals surface area contributed by atoms with Gasteiger partial charge >= 0.3 is 0 Å². The number of piperidine rings is 1. The molecule has 8 heteroatoms. The smallest absolute Gasteiger partial charge is 0.251 e. The summed E-state index contributed by atoms with van der Waals surface area (Å²) in [6.45, 7) is 4.18. The minimum atomic E-state index is -0.823. The molecule has 1 aliphatic rings. The Bertz CT molecular complexity index is 1060. The van der Waals surface area contributed by atoms with E-state index in [1.54, 1.807) is 29.2 Å². The maximum Gasteiger partial charge on any atom is 0.251 e. The van der Waals surface area contributed by atoms with Crippen LogP contribution in [0, 0.1) is 18.6 Å². The van der Waals surface area contributed by atoms with E-state index in [4.69, 9.17) is 0 Å². The molecule has 1 N–H and O–H groups in total. The maximum absolute atomic E-state index is 13.4. The molecule has 168 valence electrons. The molecule has 1 aliphatic heterocycles. The molecule has 2 heterocycles. The lowest BCUT2D eigenvalue weighted by Gasteiger charge is -2.32. The quantitative estimate of drug-likeness (QED) is 0.466. The molecule has 1 fully saturated rings. The standard InChI is InChI=1S/C24H25F2N3OS2/c1-16-14-31-24(27-16)32-15-17-2-5-19(6-3-17)23(30)28-20-8-10-29(11-9-20)13-18-4-7-21(25)22(26)12-18/h2-7,12,14,20H,8-11,13,15H2,1H3,(H,28,30). The summed E-state index contributed by atoms with van der Waals surface area (Å²) in [6, 6.07) is 11.9. The normalized spacial score (nSPS) is 15.1. The van der Waals surface area contributed by atoms with Gasteiger partial charge in [0.25, 0.3) is 5.91 Å². The number of hydrogen-bond acceptors (Lipinski definition) is 5. The van der Waals surface area contributed by atoms with Gasteiger partial charge < -0.3 is 5.32 Å². The van der Waals surface area contributed by atoms with Gasteiger partial charge in [0.15, 0.2) is 11.6 Å². The van der Waals surface area contributed by atoms with Crippen LogP contribution < -0.4 is 5.32 Å². The average Bonchev–Trinajstić information content (AvgIpc) is 3.21. The van der Waals surface area contributed by atoms with Crippen molar-refractivity contribution in [2.24, 2.45) is 0 Å². The number of carbonyl (C=O) groups excluding carboxylic acids is 1. The minimum Gasteiger partial charge on any atom is -0.349 e. The Hall–Kier alpha value is -2.29. The first-order valence-electron chi connectivity index (χ1n) is 10.6. The third kappa shape index (κ3) is 6.15. The number of hydrogen-bond donors (Lipinski definition) is 1. The van der Waals surface area contributed by atoms with E-state index >= 15 is 0 Å². The molecular weight excluding hydrogens is 448 g/mol. The first-order chi connectivity index (χ1) is 15.5. The number of benzene rings is 2. The van der Waals surface area contributed by atoms with Crippen LogP contribution in [0.5, 0.6) is 0 Å². The van der Waals surface area contributed by atoms with Crippen molar-refractivity contribution < 1.29 is 13.6 Å². The largest absolute Gasteiger partial charge is 0.349 e. The van der Waals surface area contributed by atoms with Crippen LogP contribution in [0.1, 0.15) is 40.0 Å². The molecule has 0 saturated carbocycles. The van der Waals surface area contributed by atoms with E-state index in [9.17, 15) is 13.6 Å². The Morgan fingerprint density at radius 2 is 1.84 bits per heavy atom. The fourth-order valence-electron chi connectivity index (χ4n) is 3.70. The van der Waals surface area contributed by atoms with Gasteiger partial charge in [-0.1, -0.05) is 30.0 Å². The van der Waals surface area contributed by atoms with Crippen LogP contribution in [-0.2, 0) is 12.3 Å². The van der Waals surface area contributed by atoms with Crippen LogP contribution in [0.4, 0.5) is 8.78 Å². The fourth-order valence-corrected chi connectivity index (χ4v) is 5.50. The van der Waals surface area contributed by atoms with Crippen LogP contribution in [0.3, 0.4) is 0 Å². The van der Waals surface area contributed by atoms with Gasteiger partial charge in [-0.25, -0.2) is 13.8 Å². The van der Waals surface area contributed by atoms with Gasteiger partial charge in [0, 0.05) is 48.1 Å². The number of carbonyl (C=O) groups is 1. The second-order valence-electron chi connectivity index (χ2n) is 8.01.